The third kappa shape index (κ3) is 2.34. The first-order chi connectivity index (χ1) is 12.2. The van der Waals surface area contributed by atoms with Crippen molar-refractivity contribution in [2.75, 3.05) is 7.11 Å². The Bertz CT molecular complexity index is 1040. The van der Waals surface area contributed by atoms with Crippen molar-refractivity contribution in [3.8, 4) is 17.6 Å². The maximum Gasteiger partial charge on any atom is 0.205 e. The number of ether oxygens (including phenoxy) is 2. The number of methoxy groups -OCH3 is 1. The lowest BCUT2D eigenvalue weighted by atomic mass is 9.86. The largest absolute Gasteiger partial charge is 0.497 e. The first-order valence-electron chi connectivity index (χ1n) is 7.69. The Morgan fingerprint density at radius 3 is 2.68 bits per heavy atom. The second-order valence-corrected chi connectivity index (χ2v) is 5.63. The summed E-state index contributed by atoms with van der Waals surface area (Å²) in [4.78, 5) is 0. The molecule has 0 amide bonds. The maximum absolute atomic E-state index is 9.58. The molecule has 6 heteroatoms. The second kappa shape index (κ2) is 5.80. The number of benzene rings is 2. The average Bonchev–Trinajstić information content (AvgIpc) is 2.67. The number of nitriles is 1. The van der Waals surface area contributed by atoms with Crippen molar-refractivity contribution < 1.29 is 9.47 Å². The number of aromatic nitrogens is 2. The van der Waals surface area contributed by atoms with Crippen molar-refractivity contribution in [2.45, 2.75) is 5.92 Å². The van der Waals surface area contributed by atoms with Gasteiger partial charge in [-0.2, -0.15) is 10.4 Å². The van der Waals surface area contributed by atoms with Crippen LogP contribution in [0.3, 0.4) is 0 Å². The quantitative estimate of drug-likeness (QED) is 0.776. The molecule has 0 bridgehead atoms. The van der Waals surface area contributed by atoms with Crippen molar-refractivity contribution in [1.29, 1.82) is 5.26 Å². The van der Waals surface area contributed by atoms with E-state index in [1.54, 1.807) is 13.2 Å². The monoisotopic (exact) mass is 330 g/mol. The molecule has 0 spiro atoms. The molecule has 3 aromatic rings. The molecule has 122 valence electrons. The van der Waals surface area contributed by atoms with Crippen LogP contribution in [-0.2, 0) is 0 Å². The summed E-state index contributed by atoms with van der Waals surface area (Å²) in [6.07, 6.45) is 0. The Balaban J connectivity index is 2.01. The highest BCUT2D eigenvalue weighted by Gasteiger charge is 2.33. The number of nitrogens with two attached hydrogens (primary N) is 1. The van der Waals surface area contributed by atoms with Crippen LogP contribution in [0, 0.1) is 11.3 Å². The Morgan fingerprint density at radius 1 is 1.16 bits per heavy atom. The van der Waals surface area contributed by atoms with Crippen LogP contribution in [0.5, 0.6) is 11.5 Å². The summed E-state index contributed by atoms with van der Waals surface area (Å²) in [5, 5.41) is 18.9. The predicted molar refractivity (Wildman–Crippen MR) is 91.8 cm³/mol. The van der Waals surface area contributed by atoms with Crippen LogP contribution in [0.25, 0.3) is 10.9 Å². The predicted octanol–water partition coefficient (Wildman–Crippen LogP) is 2.86. The number of hydrogen-bond donors (Lipinski definition) is 1. The smallest absolute Gasteiger partial charge is 0.205 e. The van der Waals surface area contributed by atoms with Crippen LogP contribution in [0.1, 0.15) is 17.2 Å². The lowest BCUT2D eigenvalue weighted by molar-refractivity contribution is 0.392. The Labute approximate surface area is 144 Å². The molecule has 1 atom stereocenters. The highest BCUT2D eigenvalue weighted by molar-refractivity contribution is 5.87. The summed E-state index contributed by atoms with van der Waals surface area (Å²) in [6.45, 7) is 0. The minimum atomic E-state index is -0.418. The molecule has 0 radical (unpaired) electrons. The van der Waals surface area contributed by atoms with E-state index in [0.717, 1.165) is 10.9 Å². The van der Waals surface area contributed by atoms with Crippen LogP contribution in [-0.4, -0.2) is 17.3 Å². The van der Waals surface area contributed by atoms with Crippen molar-refractivity contribution in [2.24, 2.45) is 5.73 Å². The van der Waals surface area contributed by atoms with Gasteiger partial charge < -0.3 is 15.2 Å². The fourth-order valence-corrected chi connectivity index (χ4v) is 3.03. The van der Waals surface area contributed by atoms with E-state index >= 15 is 0 Å². The van der Waals surface area contributed by atoms with Crippen molar-refractivity contribution in [1.82, 2.24) is 10.2 Å². The maximum atomic E-state index is 9.58. The molecule has 1 unspecified atom stereocenters. The van der Waals surface area contributed by atoms with Gasteiger partial charge in [0, 0.05) is 0 Å². The molecule has 1 aliphatic heterocycles. The normalized spacial score (nSPS) is 16.1. The zero-order valence-electron chi connectivity index (χ0n) is 13.4. The van der Waals surface area contributed by atoms with E-state index in [4.69, 9.17) is 15.2 Å². The minimum absolute atomic E-state index is 0.0842. The summed E-state index contributed by atoms with van der Waals surface area (Å²) >= 11 is 0. The molecule has 1 aromatic heterocycles. The molecular formula is C19H14N4O2. The Hall–Kier alpha value is -3.59. The number of allylic oxidation sites excluding steroid dienone is 1. The van der Waals surface area contributed by atoms with Gasteiger partial charge in [0.25, 0.3) is 0 Å². The first-order valence-corrected chi connectivity index (χ1v) is 7.69. The molecule has 6 nitrogen and oxygen atoms in total. The molecule has 0 fully saturated rings. The minimum Gasteiger partial charge on any atom is -0.497 e. The van der Waals surface area contributed by atoms with E-state index in [1.165, 1.54) is 0 Å². The molecule has 0 saturated carbocycles. The topological polar surface area (TPSA) is 94.1 Å². The second-order valence-electron chi connectivity index (χ2n) is 5.63. The highest BCUT2D eigenvalue weighted by Crippen LogP contribution is 2.43. The van der Waals surface area contributed by atoms with E-state index in [9.17, 15) is 5.26 Å². The van der Waals surface area contributed by atoms with E-state index < -0.39 is 5.92 Å². The van der Waals surface area contributed by atoms with E-state index in [2.05, 4.69) is 16.3 Å². The Kier molecular flexibility index (Phi) is 3.47. The highest BCUT2D eigenvalue weighted by atomic mass is 16.5. The summed E-state index contributed by atoms with van der Waals surface area (Å²) in [5.74, 6) is 0.851. The molecule has 1 aliphatic rings. The lowest BCUT2D eigenvalue weighted by Crippen LogP contribution is -2.22. The van der Waals surface area contributed by atoms with Crippen molar-refractivity contribution in [3.05, 3.63) is 71.2 Å². The number of rotatable bonds is 2. The van der Waals surface area contributed by atoms with Crippen LogP contribution >= 0.6 is 0 Å². The van der Waals surface area contributed by atoms with Gasteiger partial charge in [-0.15, -0.1) is 5.10 Å². The summed E-state index contributed by atoms with van der Waals surface area (Å²) in [5.41, 5.74) is 8.52. The van der Waals surface area contributed by atoms with Gasteiger partial charge in [-0.1, -0.05) is 30.3 Å². The fourth-order valence-electron chi connectivity index (χ4n) is 3.03. The molecular weight excluding hydrogens is 316 g/mol. The van der Waals surface area contributed by atoms with Crippen LogP contribution in [0.4, 0.5) is 0 Å². The first kappa shape index (κ1) is 15.0. The Morgan fingerprint density at radius 2 is 1.96 bits per heavy atom. The SMILES string of the molecule is COc1ccc2nnc3c(c2c1)OC(N)=C(C#N)C3c1ccccc1. The van der Waals surface area contributed by atoms with E-state index in [1.807, 2.05) is 42.5 Å². The van der Waals surface area contributed by atoms with Crippen molar-refractivity contribution >= 4 is 10.9 Å². The fraction of sp³-hybridized carbons (Fsp3) is 0.105. The lowest BCUT2D eigenvalue weighted by Gasteiger charge is -2.25. The number of fused-ring (bicyclic) bond motifs is 3. The van der Waals surface area contributed by atoms with Gasteiger partial charge in [0.2, 0.25) is 5.88 Å². The number of nitrogens with zero attached hydrogens (tertiary/aromatic N) is 3. The van der Waals surface area contributed by atoms with Crippen LogP contribution in [0.15, 0.2) is 60.0 Å². The van der Waals surface area contributed by atoms with Gasteiger partial charge in [-0.05, 0) is 23.8 Å². The van der Waals surface area contributed by atoms with E-state index in [0.29, 0.717) is 28.3 Å². The zero-order valence-corrected chi connectivity index (χ0v) is 13.4. The van der Waals surface area contributed by atoms with Crippen LogP contribution in [0.2, 0.25) is 0 Å². The molecule has 4 rings (SSSR count). The van der Waals surface area contributed by atoms with Crippen LogP contribution < -0.4 is 15.2 Å². The summed E-state index contributed by atoms with van der Waals surface area (Å²) in [7, 11) is 1.60. The molecule has 0 aliphatic carbocycles. The molecule has 25 heavy (non-hydrogen) atoms. The summed E-state index contributed by atoms with van der Waals surface area (Å²) in [6, 6.07) is 17.2. The van der Waals surface area contributed by atoms with Gasteiger partial charge >= 0.3 is 0 Å². The molecule has 0 saturated heterocycles. The van der Waals surface area contributed by atoms with E-state index in [-0.39, 0.29) is 5.88 Å². The number of hydrogen-bond acceptors (Lipinski definition) is 6. The van der Waals surface area contributed by atoms with Gasteiger partial charge in [-0.3, -0.25) is 0 Å². The standard InChI is InChI=1S/C19H14N4O2/c1-24-12-7-8-15-13(9-12)18-17(23-22-15)16(11-5-3-2-4-6-11)14(10-20)19(21)25-18/h2-9,16H,21H2,1H3. The van der Waals surface area contributed by atoms with Gasteiger partial charge in [-0.25, -0.2) is 0 Å². The molecule has 2 heterocycles. The van der Waals surface area contributed by atoms with Gasteiger partial charge in [0.1, 0.15) is 23.1 Å². The summed E-state index contributed by atoms with van der Waals surface area (Å²) < 4.78 is 11.1. The van der Waals surface area contributed by atoms with Gasteiger partial charge in [0.15, 0.2) is 5.75 Å². The molecule has 2 N–H and O–H groups in total. The third-order valence-electron chi connectivity index (χ3n) is 4.24. The molecule has 2 aromatic carbocycles. The van der Waals surface area contributed by atoms with Crippen molar-refractivity contribution in [3.63, 3.8) is 0 Å². The van der Waals surface area contributed by atoms with Gasteiger partial charge in [0.05, 0.1) is 23.9 Å². The third-order valence-corrected chi connectivity index (χ3v) is 4.24. The zero-order chi connectivity index (χ0) is 17.4. The average molecular weight is 330 g/mol.